The van der Waals surface area contributed by atoms with Crippen molar-refractivity contribution < 1.29 is 39.0 Å². The van der Waals surface area contributed by atoms with Gasteiger partial charge in [-0.2, -0.15) is 5.21 Å². The summed E-state index contributed by atoms with van der Waals surface area (Å²) in [4.78, 5) is 76.7. The minimum Gasteiger partial charge on any atom is -0.478 e. The van der Waals surface area contributed by atoms with Gasteiger partial charge in [0.1, 0.15) is 12.1 Å². The van der Waals surface area contributed by atoms with Gasteiger partial charge in [0.05, 0.1) is 12.1 Å². The smallest absolute Gasteiger partial charge is 0.335 e. The van der Waals surface area contributed by atoms with Gasteiger partial charge < -0.3 is 42.5 Å². The van der Waals surface area contributed by atoms with Gasteiger partial charge in [-0.1, -0.05) is 64.1 Å². The van der Waals surface area contributed by atoms with E-state index in [0.29, 0.717) is 0 Å². The number of aryl methyl sites for hydroxylation is 1. The van der Waals surface area contributed by atoms with E-state index in [0.717, 1.165) is 5.56 Å². The number of rotatable bonds is 20. The lowest BCUT2D eigenvalue weighted by molar-refractivity contribution is -0.137. The summed E-state index contributed by atoms with van der Waals surface area (Å²) < 4.78 is 0. The van der Waals surface area contributed by atoms with Crippen molar-refractivity contribution in [3.05, 3.63) is 71.5 Å². The highest BCUT2D eigenvalue weighted by atomic mass is 16.4. The fourth-order valence-electron chi connectivity index (χ4n) is 5.14. The number of carbonyl (C=O) groups is 6. The molecule has 0 aliphatic carbocycles. The summed E-state index contributed by atoms with van der Waals surface area (Å²) in [6.45, 7) is 6.55. The minimum atomic E-state index is -2.13. The molecule has 18 heteroatoms. The number of aromatic nitrogens is 4. The molecule has 0 spiro atoms. The first-order valence-electron chi connectivity index (χ1n) is 17.1. The van der Waals surface area contributed by atoms with Crippen molar-refractivity contribution >= 4 is 41.2 Å². The van der Waals surface area contributed by atoms with Crippen LogP contribution in [0.3, 0.4) is 0 Å². The Labute approximate surface area is 306 Å². The first-order chi connectivity index (χ1) is 25.1. The van der Waals surface area contributed by atoms with E-state index >= 15 is 0 Å². The van der Waals surface area contributed by atoms with Crippen LogP contribution in [0.4, 0.5) is 5.69 Å². The number of nitrogens with one attached hydrogen (secondary N) is 6. The number of benzene rings is 2. The van der Waals surface area contributed by atoms with Crippen LogP contribution in [-0.2, 0) is 25.6 Å². The van der Waals surface area contributed by atoms with Crippen LogP contribution in [0.1, 0.15) is 73.5 Å². The zero-order chi connectivity index (χ0) is 39.1. The number of anilines is 1. The lowest BCUT2D eigenvalue weighted by Crippen LogP contribution is -2.56. The first-order valence-corrected chi connectivity index (χ1v) is 17.1. The summed E-state index contributed by atoms with van der Waals surface area (Å²) in [5.74, 6) is -5.04. The Kier molecular flexibility index (Phi) is 15.5. The van der Waals surface area contributed by atoms with Crippen molar-refractivity contribution in [2.24, 2.45) is 17.6 Å². The number of carboxylic acid groups (broad SMARTS) is 1. The van der Waals surface area contributed by atoms with Crippen molar-refractivity contribution in [1.29, 1.82) is 0 Å². The molecule has 3 rings (SSSR count). The molecule has 4 atom stereocenters. The number of carboxylic acids is 1. The summed E-state index contributed by atoms with van der Waals surface area (Å²) in [6, 6.07) is 11.8. The van der Waals surface area contributed by atoms with Gasteiger partial charge in [-0.05, 0) is 60.1 Å². The van der Waals surface area contributed by atoms with Gasteiger partial charge in [0.25, 0.3) is 17.6 Å². The number of amides is 5. The van der Waals surface area contributed by atoms with Crippen molar-refractivity contribution in [3.63, 3.8) is 0 Å². The number of tetrazole rings is 1. The molecule has 1 unspecified atom stereocenters. The quantitative estimate of drug-likeness (QED) is 0.0749. The monoisotopic (exact) mass is 736 g/mol. The van der Waals surface area contributed by atoms with Crippen molar-refractivity contribution in [3.8, 4) is 0 Å². The number of nitrogens with zero attached hydrogens (tertiary/aromatic N) is 3. The van der Waals surface area contributed by atoms with Crippen molar-refractivity contribution in [2.75, 3.05) is 18.4 Å². The molecular weight excluding hydrogens is 688 g/mol. The van der Waals surface area contributed by atoms with Crippen molar-refractivity contribution in [1.82, 2.24) is 41.9 Å². The second kappa shape index (κ2) is 19.7. The average molecular weight is 737 g/mol. The lowest BCUT2D eigenvalue weighted by Gasteiger charge is -2.29. The second-order valence-corrected chi connectivity index (χ2v) is 13.4. The minimum absolute atomic E-state index is 0.0471. The van der Waals surface area contributed by atoms with Crippen LogP contribution in [0.5, 0.6) is 0 Å². The molecule has 0 saturated carbocycles. The van der Waals surface area contributed by atoms with E-state index in [4.69, 9.17) is 5.73 Å². The highest BCUT2D eigenvalue weighted by Gasteiger charge is 2.37. The van der Waals surface area contributed by atoms with Crippen LogP contribution < -0.4 is 32.3 Å². The molecule has 0 aliphatic rings. The molecule has 10 N–H and O–H groups in total. The molecule has 0 fully saturated rings. The van der Waals surface area contributed by atoms with Crippen LogP contribution >= 0.6 is 0 Å². The van der Waals surface area contributed by atoms with E-state index in [-0.39, 0.29) is 61.1 Å². The maximum Gasteiger partial charge on any atom is 0.335 e. The number of aromatic amines is 1. The highest BCUT2D eigenvalue weighted by molar-refractivity contribution is 5.99. The number of hydrogen-bond donors (Lipinski definition) is 9. The van der Waals surface area contributed by atoms with E-state index < -0.39 is 65.8 Å². The molecule has 1 heterocycles. The Hall–Kier alpha value is -5.75. The molecule has 286 valence electrons. The standard InChI is InChI=1S/C35H48N10O8/c1-20(2)15-27(40-28(46)17-26(21(3)4)41-30(47)25(36)18-37-32(49)29-42-44-45-43-29)31(48)38-19-35(53,14-13-22-9-6-5-7-10-22)34(52)39-24-12-8-11-23(16-24)33(50)51/h5-12,16,20-21,25-27,53H,13-15,17-19,36H2,1-4H3,(H,37,49)(H,38,48)(H,39,52)(H,40,46)(H,41,47)(H,50,51)(H,42,43,44,45)/t25-,26+,27-,35?/m0/s1. The Morgan fingerprint density at radius 2 is 1.64 bits per heavy atom. The molecule has 2 aromatic carbocycles. The SMILES string of the molecule is CC(C)C[C@H](NC(=O)C[C@@H](NC(=O)[C@@H](N)CNC(=O)c1nn[nH]n1)C(C)C)C(=O)NCC(O)(CCc1ccccc1)C(=O)Nc1cccc(C(=O)O)c1. The van der Waals surface area contributed by atoms with Gasteiger partial charge >= 0.3 is 5.97 Å². The molecule has 0 saturated heterocycles. The van der Waals surface area contributed by atoms with Crippen LogP contribution in [0.2, 0.25) is 0 Å². The Bertz CT molecular complexity index is 1700. The molecule has 1 aromatic heterocycles. The third-order valence-electron chi connectivity index (χ3n) is 8.28. The van der Waals surface area contributed by atoms with Gasteiger partial charge in [-0.3, -0.25) is 24.0 Å². The number of nitrogens with two attached hydrogens (primary N) is 1. The third kappa shape index (κ3) is 13.4. The number of aliphatic hydroxyl groups is 1. The predicted octanol–water partition coefficient (Wildman–Crippen LogP) is 0.136. The summed E-state index contributed by atoms with van der Waals surface area (Å²) in [7, 11) is 0. The predicted molar refractivity (Wildman–Crippen MR) is 192 cm³/mol. The molecule has 53 heavy (non-hydrogen) atoms. The van der Waals surface area contributed by atoms with Gasteiger partial charge in [-0.15, -0.1) is 10.2 Å². The van der Waals surface area contributed by atoms with Crippen LogP contribution in [0.25, 0.3) is 0 Å². The molecule has 0 radical (unpaired) electrons. The Balaban J connectivity index is 1.67. The fraction of sp³-hybridized carbons (Fsp3) is 0.457. The van der Waals surface area contributed by atoms with Crippen molar-refractivity contribution in [2.45, 2.75) is 77.1 Å². The molecule has 0 aliphatic heterocycles. The van der Waals surface area contributed by atoms with Crippen LogP contribution in [0, 0.1) is 11.8 Å². The summed E-state index contributed by atoms with van der Waals surface area (Å²) in [6.07, 6.45) is 0.199. The van der Waals surface area contributed by atoms with E-state index in [9.17, 15) is 39.0 Å². The number of H-pyrrole nitrogens is 1. The molecule has 18 nitrogen and oxygen atoms in total. The molecule has 5 amide bonds. The summed E-state index contributed by atoms with van der Waals surface area (Å²) in [5.41, 5.74) is 4.75. The van der Waals surface area contributed by atoms with Gasteiger partial charge in [0, 0.05) is 24.7 Å². The molecule has 3 aromatic rings. The largest absolute Gasteiger partial charge is 0.478 e. The van der Waals surface area contributed by atoms with Crippen LogP contribution in [0.15, 0.2) is 54.6 Å². The Morgan fingerprint density at radius 3 is 2.26 bits per heavy atom. The maximum absolute atomic E-state index is 13.6. The molecule has 0 bridgehead atoms. The maximum atomic E-state index is 13.6. The average Bonchev–Trinajstić information content (AvgIpc) is 3.67. The van der Waals surface area contributed by atoms with Crippen LogP contribution in [-0.4, -0.2) is 103 Å². The van der Waals surface area contributed by atoms with E-state index in [1.807, 2.05) is 44.2 Å². The zero-order valence-electron chi connectivity index (χ0n) is 30.1. The first kappa shape index (κ1) is 41.7. The lowest BCUT2D eigenvalue weighted by atomic mass is 9.93. The number of aromatic carboxylic acids is 1. The van der Waals surface area contributed by atoms with E-state index in [2.05, 4.69) is 47.2 Å². The summed E-state index contributed by atoms with van der Waals surface area (Å²) >= 11 is 0. The topological polar surface area (TPSA) is 284 Å². The zero-order valence-corrected chi connectivity index (χ0v) is 30.1. The summed E-state index contributed by atoms with van der Waals surface area (Å²) in [5, 5.41) is 46.6. The van der Waals surface area contributed by atoms with Gasteiger partial charge in [0.15, 0.2) is 5.60 Å². The number of hydrogen-bond acceptors (Lipinski definition) is 11. The number of carbonyl (C=O) groups excluding carboxylic acids is 5. The second-order valence-electron chi connectivity index (χ2n) is 13.4. The van der Waals surface area contributed by atoms with E-state index in [1.165, 1.54) is 24.3 Å². The van der Waals surface area contributed by atoms with E-state index in [1.54, 1.807) is 13.8 Å². The third-order valence-corrected chi connectivity index (χ3v) is 8.28. The van der Waals surface area contributed by atoms with Gasteiger partial charge in [-0.25, -0.2) is 4.79 Å². The Morgan fingerprint density at radius 1 is 0.925 bits per heavy atom. The fourth-order valence-corrected chi connectivity index (χ4v) is 5.14. The highest BCUT2D eigenvalue weighted by Crippen LogP contribution is 2.19. The molecular formula is C35H48N10O8. The van der Waals surface area contributed by atoms with Gasteiger partial charge in [0.2, 0.25) is 17.7 Å². The normalized spacial score (nSPS) is 14.0.